The van der Waals surface area contributed by atoms with Gasteiger partial charge in [0.25, 0.3) is 0 Å². The van der Waals surface area contributed by atoms with E-state index in [1.54, 1.807) is 54.6 Å². The summed E-state index contributed by atoms with van der Waals surface area (Å²) in [7, 11) is 0. The van der Waals surface area contributed by atoms with Gasteiger partial charge in [-0.15, -0.1) is 0 Å². The van der Waals surface area contributed by atoms with Gasteiger partial charge < -0.3 is 0 Å². The van der Waals surface area contributed by atoms with Crippen molar-refractivity contribution >= 4 is 34.9 Å². The third kappa shape index (κ3) is 4.61. The average Bonchev–Trinajstić information content (AvgIpc) is 3.26. The smallest absolute Gasteiger partial charge is 0.250 e. The van der Waals surface area contributed by atoms with Gasteiger partial charge in [-0.3, -0.25) is 19.3 Å². The van der Waals surface area contributed by atoms with Crippen molar-refractivity contribution in [2.75, 3.05) is 4.90 Å². The molecule has 1 aliphatic heterocycles. The minimum Gasteiger partial charge on any atom is -0.288 e. The van der Waals surface area contributed by atoms with Gasteiger partial charge in [0.1, 0.15) is 22.5 Å². The first-order chi connectivity index (χ1) is 18.0. The number of Topliss-reactive ketones (excluding diaryl/α,β-unsaturated/α-hetero) is 2. The van der Waals surface area contributed by atoms with Gasteiger partial charge in [0.15, 0.2) is 0 Å². The molecular formula is C30H19F2NO3S. The number of benzene rings is 4. The number of rotatable bonds is 6. The Morgan fingerprint density at radius 2 is 1.11 bits per heavy atom. The van der Waals surface area contributed by atoms with Gasteiger partial charge in [0.05, 0.1) is 16.2 Å². The highest BCUT2D eigenvalue weighted by Crippen LogP contribution is 2.49. The van der Waals surface area contributed by atoms with Gasteiger partial charge in [-0.2, -0.15) is 0 Å². The Kier molecular flexibility index (Phi) is 6.79. The fourth-order valence-electron chi connectivity index (χ4n) is 4.12. The molecule has 1 saturated heterocycles. The lowest BCUT2D eigenvalue weighted by Crippen LogP contribution is -2.29. The quantitative estimate of drug-likeness (QED) is 0.124. The van der Waals surface area contributed by atoms with Crippen LogP contribution in [-0.4, -0.2) is 17.5 Å². The van der Waals surface area contributed by atoms with Crippen molar-refractivity contribution in [2.24, 2.45) is 0 Å². The highest BCUT2D eigenvalue weighted by Gasteiger charge is 2.43. The second-order valence-corrected chi connectivity index (χ2v) is 9.31. The molecule has 1 unspecified atom stereocenters. The Balaban J connectivity index is 1.78. The summed E-state index contributed by atoms with van der Waals surface area (Å²) in [6, 6.07) is 28.0. The molecule has 0 bridgehead atoms. The molecule has 0 radical (unpaired) electrons. The number of amides is 1. The molecule has 4 nitrogen and oxygen atoms in total. The van der Waals surface area contributed by atoms with Gasteiger partial charge in [-0.05, 0) is 42.0 Å². The van der Waals surface area contributed by atoms with Crippen molar-refractivity contribution in [3.63, 3.8) is 0 Å². The van der Waals surface area contributed by atoms with E-state index in [2.05, 4.69) is 0 Å². The fraction of sp³-hybridized carbons (Fsp3) is 0.0333. The maximum absolute atomic E-state index is 14.8. The summed E-state index contributed by atoms with van der Waals surface area (Å²) in [5.74, 6) is -3.90. The second-order valence-electron chi connectivity index (χ2n) is 8.22. The topological polar surface area (TPSA) is 54.5 Å². The third-order valence-electron chi connectivity index (χ3n) is 5.90. The van der Waals surface area contributed by atoms with Crippen molar-refractivity contribution < 1.29 is 23.2 Å². The number of hydrogen-bond acceptors (Lipinski definition) is 4. The van der Waals surface area contributed by atoms with Crippen molar-refractivity contribution in [2.45, 2.75) is 5.25 Å². The van der Waals surface area contributed by atoms with Crippen LogP contribution in [0.25, 0.3) is 0 Å². The molecular weight excluding hydrogens is 492 g/mol. The molecule has 5 rings (SSSR count). The van der Waals surface area contributed by atoms with Crippen molar-refractivity contribution in [3.05, 3.63) is 148 Å². The number of nitrogens with zero attached hydrogens (tertiary/aromatic N) is 1. The van der Waals surface area contributed by atoms with Gasteiger partial charge in [0, 0.05) is 5.69 Å². The number of hydrogen-bond donors (Lipinski definition) is 0. The SMILES string of the molecule is O=C(C(C(=O)c1ccccc1F)=C1SC(c2ccccc2)C(=O)N1c1ccccc1)c1ccccc1F. The van der Waals surface area contributed by atoms with E-state index < -0.39 is 34.0 Å². The van der Waals surface area contributed by atoms with Crippen LogP contribution in [0.4, 0.5) is 14.5 Å². The molecule has 1 fully saturated rings. The summed E-state index contributed by atoms with van der Waals surface area (Å²) >= 11 is 1.01. The Morgan fingerprint density at radius 3 is 1.62 bits per heavy atom. The van der Waals surface area contributed by atoms with Crippen molar-refractivity contribution in [1.82, 2.24) is 0 Å². The lowest BCUT2D eigenvalue weighted by atomic mass is 9.95. The van der Waals surface area contributed by atoms with E-state index in [1.807, 2.05) is 6.07 Å². The Labute approximate surface area is 216 Å². The molecule has 1 aliphatic rings. The number of ketones is 2. The predicted molar refractivity (Wildman–Crippen MR) is 139 cm³/mol. The van der Waals surface area contributed by atoms with Gasteiger partial charge >= 0.3 is 0 Å². The molecule has 0 spiro atoms. The monoisotopic (exact) mass is 511 g/mol. The predicted octanol–water partition coefficient (Wildman–Crippen LogP) is 6.76. The lowest BCUT2D eigenvalue weighted by Gasteiger charge is -2.20. The van der Waals surface area contributed by atoms with Crippen LogP contribution >= 0.6 is 11.8 Å². The zero-order valence-electron chi connectivity index (χ0n) is 19.3. The average molecular weight is 512 g/mol. The maximum atomic E-state index is 14.8. The first kappa shape index (κ1) is 24.3. The number of thioether (sulfide) groups is 1. The van der Waals surface area contributed by atoms with Crippen LogP contribution in [0.15, 0.2) is 120 Å². The van der Waals surface area contributed by atoms with E-state index in [0.29, 0.717) is 11.3 Å². The Bertz CT molecular complexity index is 1480. The van der Waals surface area contributed by atoms with E-state index in [-0.39, 0.29) is 22.1 Å². The molecule has 1 atom stereocenters. The van der Waals surface area contributed by atoms with Crippen LogP contribution in [0.3, 0.4) is 0 Å². The molecule has 7 heteroatoms. The van der Waals surface area contributed by atoms with E-state index >= 15 is 0 Å². The van der Waals surface area contributed by atoms with Crippen LogP contribution in [-0.2, 0) is 4.79 Å². The molecule has 0 aromatic heterocycles. The maximum Gasteiger partial charge on any atom is 0.250 e. The van der Waals surface area contributed by atoms with E-state index in [9.17, 15) is 23.2 Å². The first-order valence-electron chi connectivity index (χ1n) is 11.4. The summed E-state index contributed by atoms with van der Waals surface area (Å²) in [4.78, 5) is 42.7. The Morgan fingerprint density at radius 1 is 0.649 bits per heavy atom. The molecule has 4 aromatic carbocycles. The van der Waals surface area contributed by atoms with Crippen molar-refractivity contribution in [1.29, 1.82) is 0 Å². The normalized spacial score (nSPS) is 15.1. The van der Waals surface area contributed by atoms with E-state index in [0.717, 1.165) is 23.9 Å². The minimum atomic E-state index is -0.934. The standard InChI is InChI=1S/C30H19F2NO3S/c31-23-17-9-7-15-21(23)26(34)25(27(35)22-16-8-10-18-24(22)32)30-33(20-13-5-2-6-14-20)29(36)28(37-30)19-11-3-1-4-12-19/h1-18,28H. The number of anilines is 1. The molecule has 182 valence electrons. The van der Waals surface area contributed by atoms with E-state index in [4.69, 9.17) is 0 Å². The fourth-order valence-corrected chi connectivity index (χ4v) is 5.45. The molecule has 1 amide bonds. The van der Waals surface area contributed by atoms with Crippen LogP contribution < -0.4 is 4.90 Å². The molecule has 1 heterocycles. The summed E-state index contributed by atoms with van der Waals surface area (Å²) in [5, 5.41) is -0.750. The lowest BCUT2D eigenvalue weighted by molar-refractivity contribution is -0.117. The molecule has 4 aromatic rings. The van der Waals surface area contributed by atoms with Gasteiger partial charge in [0.2, 0.25) is 17.5 Å². The van der Waals surface area contributed by atoms with Gasteiger partial charge in [-0.1, -0.05) is 84.6 Å². The number of carbonyl (C=O) groups is 3. The first-order valence-corrected chi connectivity index (χ1v) is 12.3. The largest absolute Gasteiger partial charge is 0.288 e. The summed E-state index contributed by atoms with van der Waals surface area (Å²) in [5.41, 5.74) is -0.0771. The number of carbonyl (C=O) groups excluding carboxylic acids is 3. The minimum absolute atomic E-state index is 0.0200. The summed E-state index contributed by atoms with van der Waals surface area (Å²) in [6.45, 7) is 0. The molecule has 37 heavy (non-hydrogen) atoms. The van der Waals surface area contributed by atoms with E-state index in [1.165, 1.54) is 41.3 Å². The number of para-hydroxylation sites is 1. The van der Waals surface area contributed by atoms with Crippen molar-refractivity contribution in [3.8, 4) is 0 Å². The second kappa shape index (κ2) is 10.3. The highest BCUT2D eigenvalue weighted by atomic mass is 32.2. The molecule has 0 saturated carbocycles. The van der Waals surface area contributed by atoms with Crippen LogP contribution in [0.5, 0.6) is 0 Å². The van der Waals surface area contributed by atoms with Crippen LogP contribution in [0.1, 0.15) is 31.5 Å². The zero-order chi connectivity index (χ0) is 25.9. The molecule has 0 aliphatic carbocycles. The zero-order valence-corrected chi connectivity index (χ0v) is 20.1. The summed E-state index contributed by atoms with van der Waals surface area (Å²) < 4.78 is 29.5. The highest BCUT2D eigenvalue weighted by molar-refractivity contribution is 8.04. The number of halogens is 2. The molecule has 0 N–H and O–H groups in total. The Hall–Kier alpha value is -4.36. The van der Waals surface area contributed by atoms with Crippen LogP contribution in [0.2, 0.25) is 0 Å². The van der Waals surface area contributed by atoms with Gasteiger partial charge in [-0.25, -0.2) is 8.78 Å². The summed E-state index contributed by atoms with van der Waals surface area (Å²) in [6.07, 6.45) is 0. The number of allylic oxidation sites excluding steroid dienone is 1. The third-order valence-corrected chi connectivity index (χ3v) is 7.22. The van der Waals surface area contributed by atoms with Crippen LogP contribution in [0, 0.1) is 11.6 Å².